The lowest BCUT2D eigenvalue weighted by molar-refractivity contribution is 0.0649. The maximum Gasteiger partial charge on any atom is 0.372 e. The predicted octanol–water partition coefficient (Wildman–Crippen LogP) is 2.29. The largest absolute Gasteiger partial charge is 0.475 e. The zero-order valence-electron chi connectivity index (χ0n) is 8.44. The van der Waals surface area contributed by atoms with Crippen molar-refractivity contribution < 1.29 is 19.1 Å². The van der Waals surface area contributed by atoms with Crippen LogP contribution in [0.4, 0.5) is 0 Å². The molecular formula is C11H14O4. The van der Waals surface area contributed by atoms with E-state index in [1.165, 1.54) is 19.1 Å². The smallest absolute Gasteiger partial charge is 0.372 e. The summed E-state index contributed by atoms with van der Waals surface area (Å²) in [5, 5.41) is 8.76. The molecule has 1 aliphatic carbocycles. The Balaban J connectivity index is 1.76. The van der Waals surface area contributed by atoms with Gasteiger partial charge in [-0.05, 0) is 18.4 Å². The van der Waals surface area contributed by atoms with E-state index in [9.17, 15) is 4.79 Å². The lowest BCUT2D eigenvalue weighted by Crippen LogP contribution is -2.02. The molecule has 15 heavy (non-hydrogen) atoms. The van der Waals surface area contributed by atoms with Crippen molar-refractivity contribution in [3.8, 4) is 0 Å². The molecule has 0 unspecified atom stereocenters. The Labute approximate surface area is 87.8 Å². The zero-order valence-corrected chi connectivity index (χ0v) is 8.44. The van der Waals surface area contributed by atoms with Gasteiger partial charge in [0.05, 0.1) is 12.9 Å². The summed E-state index contributed by atoms with van der Waals surface area (Å²) in [6.07, 6.45) is 5.09. The molecule has 4 nitrogen and oxygen atoms in total. The first kappa shape index (κ1) is 10.2. The Morgan fingerprint density at radius 2 is 2.40 bits per heavy atom. The van der Waals surface area contributed by atoms with E-state index in [1.807, 2.05) is 0 Å². The number of carboxylic acids is 1. The molecule has 1 N–H and O–H groups in total. The Morgan fingerprint density at radius 1 is 1.60 bits per heavy atom. The number of carbonyl (C=O) groups is 1. The predicted molar refractivity (Wildman–Crippen MR) is 52.7 cm³/mol. The molecule has 0 radical (unpaired) electrons. The van der Waals surface area contributed by atoms with Crippen LogP contribution in [0.15, 0.2) is 16.7 Å². The Hall–Kier alpha value is -1.29. The van der Waals surface area contributed by atoms with Crippen molar-refractivity contribution in [2.45, 2.75) is 25.9 Å². The highest BCUT2D eigenvalue weighted by molar-refractivity contribution is 5.85. The Morgan fingerprint density at radius 3 is 3.07 bits per heavy atom. The molecule has 1 aromatic rings. The molecule has 0 saturated heterocycles. The van der Waals surface area contributed by atoms with Crippen LogP contribution in [-0.4, -0.2) is 17.7 Å². The molecule has 0 amide bonds. The molecule has 0 aromatic carbocycles. The number of ether oxygens (including phenoxy) is 1. The number of carboxylic acid groups (broad SMARTS) is 1. The highest BCUT2D eigenvalue weighted by Crippen LogP contribution is 2.32. The van der Waals surface area contributed by atoms with Crippen molar-refractivity contribution in [3.63, 3.8) is 0 Å². The SMILES string of the molecule is O=C(O)c1occc1COCCC1CC1. The lowest BCUT2D eigenvalue weighted by Gasteiger charge is -2.01. The number of furan rings is 1. The third-order valence-electron chi connectivity index (χ3n) is 2.57. The van der Waals surface area contributed by atoms with Gasteiger partial charge in [0.15, 0.2) is 0 Å². The summed E-state index contributed by atoms with van der Waals surface area (Å²) in [4.78, 5) is 10.7. The van der Waals surface area contributed by atoms with Crippen molar-refractivity contribution in [2.75, 3.05) is 6.61 Å². The van der Waals surface area contributed by atoms with Gasteiger partial charge >= 0.3 is 5.97 Å². The Kier molecular flexibility index (Phi) is 3.06. The van der Waals surface area contributed by atoms with E-state index in [0.717, 1.165) is 12.3 Å². The van der Waals surface area contributed by atoms with Crippen LogP contribution in [0.3, 0.4) is 0 Å². The molecule has 1 saturated carbocycles. The number of aromatic carboxylic acids is 1. The van der Waals surface area contributed by atoms with Gasteiger partial charge in [-0.1, -0.05) is 12.8 Å². The topological polar surface area (TPSA) is 59.7 Å². The maximum atomic E-state index is 10.7. The normalized spacial score (nSPS) is 15.5. The molecule has 1 aromatic heterocycles. The van der Waals surface area contributed by atoms with E-state index in [0.29, 0.717) is 18.8 Å². The third-order valence-corrected chi connectivity index (χ3v) is 2.57. The fourth-order valence-corrected chi connectivity index (χ4v) is 1.48. The average molecular weight is 210 g/mol. The molecule has 0 atom stereocenters. The standard InChI is InChI=1S/C11H14O4/c12-11(13)10-9(4-6-15-10)7-14-5-3-8-1-2-8/h4,6,8H,1-3,5,7H2,(H,12,13). The van der Waals surface area contributed by atoms with Gasteiger partial charge in [-0.15, -0.1) is 0 Å². The second kappa shape index (κ2) is 4.49. The van der Waals surface area contributed by atoms with Crippen LogP contribution in [0.2, 0.25) is 0 Å². The fourth-order valence-electron chi connectivity index (χ4n) is 1.48. The van der Waals surface area contributed by atoms with Gasteiger partial charge in [0, 0.05) is 12.2 Å². The highest BCUT2D eigenvalue weighted by atomic mass is 16.5. The van der Waals surface area contributed by atoms with Gasteiger partial charge in [-0.25, -0.2) is 4.79 Å². The highest BCUT2D eigenvalue weighted by Gasteiger charge is 2.20. The summed E-state index contributed by atoms with van der Waals surface area (Å²) >= 11 is 0. The number of hydrogen-bond acceptors (Lipinski definition) is 3. The first-order chi connectivity index (χ1) is 7.27. The third kappa shape index (κ3) is 2.83. The zero-order chi connectivity index (χ0) is 10.7. The second-order valence-corrected chi connectivity index (χ2v) is 3.86. The van der Waals surface area contributed by atoms with Crippen molar-refractivity contribution in [2.24, 2.45) is 5.92 Å². The van der Waals surface area contributed by atoms with Crippen LogP contribution in [0.25, 0.3) is 0 Å². The molecule has 2 rings (SSSR count). The fraction of sp³-hybridized carbons (Fsp3) is 0.545. The van der Waals surface area contributed by atoms with Crippen molar-refractivity contribution in [3.05, 3.63) is 23.7 Å². The van der Waals surface area contributed by atoms with Gasteiger partial charge in [0.25, 0.3) is 0 Å². The lowest BCUT2D eigenvalue weighted by atomic mass is 10.2. The first-order valence-corrected chi connectivity index (χ1v) is 5.15. The van der Waals surface area contributed by atoms with Crippen LogP contribution in [0, 0.1) is 5.92 Å². The van der Waals surface area contributed by atoms with E-state index < -0.39 is 5.97 Å². The molecular weight excluding hydrogens is 196 g/mol. The van der Waals surface area contributed by atoms with Crippen molar-refractivity contribution in [1.82, 2.24) is 0 Å². The molecule has 0 spiro atoms. The molecule has 1 aliphatic rings. The average Bonchev–Trinajstić information content (AvgIpc) is 2.90. The van der Waals surface area contributed by atoms with Gasteiger partial charge in [0.1, 0.15) is 0 Å². The van der Waals surface area contributed by atoms with Crippen LogP contribution in [-0.2, 0) is 11.3 Å². The van der Waals surface area contributed by atoms with Crippen LogP contribution < -0.4 is 0 Å². The van der Waals surface area contributed by atoms with E-state index >= 15 is 0 Å². The van der Waals surface area contributed by atoms with E-state index in [2.05, 4.69) is 0 Å². The van der Waals surface area contributed by atoms with E-state index in [4.69, 9.17) is 14.3 Å². The molecule has 0 aliphatic heterocycles. The van der Waals surface area contributed by atoms with Gasteiger partial charge in [0.2, 0.25) is 5.76 Å². The minimum absolute atomic E-state index is 0.0126. The minimum atomic E-state index is -1.04. The maximum absolute atomic E-state index is 10.7. The molecule has 4 heteroatoms. The summed E-state index contributed by atoms with van der Waals surface area (Å²) in [6, 6.07) is 1.64. The summed E-state index contributed by atoms with van der Waals surface area (Å²) in [7, 11) is 0. The van der Waals surface area contributed by atoms with Crippen LogP contribution in [0.5, 0.6) is 0 Å². The monoisotopic (exact) mass is 210 g/mol. The van der Waals surface area contributed by atoms with Crippen LogP contribution >= 0.6 is 0 Å². The van der Waals surface area contributed by atoms with E-state index in [-0.39, 0.29) is 5.76 Å². The minimum Gasteiger partial charge on any atom is -0.475 e. The van der Waals surface area contributed by atoms with Crippen LogP contribution in [0.1, 0.15) is 35.4 Å². The molecule has 82 valence electrons. The molecule has 1 fully saturated rings. The van der Waals surface area contributed by atoms with Gasteiger partial charge in [-0.3, -0.25) is 0 Å². The van der Waals surface area contributed by atoms with Gasteiger partial charge < -0.3 is 14.3 Å². The quantitative estimate of drug-likeness (QED) is 0.732. The summed E-state index contributed by atoms with van der Waals surface area (Å²) in [5.74, 6) is -0.212. The number of hydrogen-bond donors (Lipinski definition) is 1. The summed E-state index contributed by atoms with van der Waals surface area (Å²) < 4.78 is 10.2. The van der Waals surface area contributed by atoms with Crippen molar-refractivity contribution in [1.29, 1.82) is 0 Å². The number of rotatable bonds is 6. The Bertz CT molecular complexity index is 338. The first-order valence-electron chi connectivity index (χ1n) is 5.15. The molecule has 0 bridgehead atoms. The second-order valence-electron chi connectivity index (χ2n) is 3.86. The van der Waals surface area contributed by atoms with E-state index in [1.54, 1.807) is 6.07 Å². The van der Waals surface area contributed by atoms with Gasteiger partial charge in [-0.2, -0.15) is 0 Å². The molecule has 1 heterocycles. The summed E-state index contributed by atoms with van der Waals surface area (Å²) in [5.41, 5.74) is 0.610. The summed E-state index contributed by atoms with van der Waals surface area (Å²) in [6.45, 7) is 1.03. The van der Waals surface area contributed by atoms with Crippen molar-refractivity contribution >= 4 is 5.97 Å².